The van der Waals surface area contributed by atoms with Crippen LogP contribution in [0.4, 0.5) is 10.1 Å². The maximum Gasteiger partial charge on any atom is 0.305 e. The van der Waals surface area contributed by atoms with Gasteiger partial charge in [-0.15, -0.1) is 0 Å². The summed E-state index contributed by atoms with van der Waals surface area (Å²) in [4.78, 5) is 29.0. The highest BCUT2D eigenvalue weighted by molar-refractivity contribution is 6.31. The number of esters is 1. The van der Waals surface area contributed by atoms with E-state index in [0.29, 0.717) is 42.5 Å². The molecule has 7 nitrogen and oxygen atoms in total. The number of rotatable bonds is 6. The normalized spacial score (nSPS) is 26.7. The minimum atomic E-state index is -0.833. The maximum absolute atomic E-state index is 13.4. The Morgan fingerprint density at radius 3 is 2.66 bits per heavy atom. The van der Waals surface area contributed by atoms with Crippen LogP contribution in [0, 0.1) is 17.7 Å². The van der Waals surface area contributed by atoms with Gasteiger partial charge in [0.05, 0.1) is 29.8 Å². The number of carbonyl (C=O) groups excluding carboxylic acids is 2. The zero-order chi connectivity index (χ0) is 23.0. The average molecular weight is 464 g/mol. The van der Waals surface area contributed by atoms with Crippen LogP contribution in [-0.2, 0) is 16.6 Å². The molecule has 0 aliphatic heterocycles. The number of methoxy groups -OCH3 is 1. The van der Waals surface area contributed by atoms with Crippen molar-refractivity contribution in [1.82, 2.24) is 9.55 Å². The van der Waals surface area contributed by atoms with Gasteiger partial charge in [-0.3, -0.25) is 9.59 Å². The summed E-state index contributed by atoms with van der Waals surface area (Å²) in [5, 5.41) is 13.6. The van der Waals surface area contributed by atoms with E-state index < -0.39 is 11.4 Å². The summed E-state index contributed by atoms with van der Waals surface area (Å²) < 4.78 is 19.8. The molecule has 9 heteroatoms. The summed E-state index contributed by atoms with van der Waals surface area (Å²) in [6, 6.07) is 4.05. The molecule has 2 unspecified atom stereocenters. The van der Waals surface area contributed by atoms with Crippen LogP contribution in [0.5, 0.6) is 0 Å². The monoisotopic (exact) mass is 463 g/mol. The molecule has 1 aromatic carbocycles. The van der Waals surface area contributed by atoms with Gasteiger partial charge in [-0.1, -0.05) is 11.6 Å². The molecule has 2 aromatic rings. The number of benzene rings is 1. The third-order valence-corrected chi connectivity index (χ3v) is 7.18. The largest absolute Gasteiger partial charge is 0.469 e. The van der Waals surface area contributed by atoms with Gasteiger partial charge in [0.25, 0.3) is 5.91 Å². The first-order chi connectivity index (χ1) is 15.2. The van der Waals surface area contributed by atoms with Gasteiger partial charge in [-0.05, 0) is 62.1 Å². The Morgan fingerprint density at radius 1 is 1.34 bits per heavy atom. The number of imidazole rings is 1. The summed E-state index contributed by atoms with van der Waals surface area (Å²) in [6.45, 7) is 0. The first kappa shape index (κ1) is 22.7. The summed E-state index contributed by atoms with van der Waals surface area (Å²) in [5.74, 6) is -0.397. The van der Waals surface area contributed by atoms with Crippen LogP contribution >= 0.6 is 11.6 Å². The molecule has 2 atom stereocenters. The molecular weight excluding hydrogens is 437 g/mol. The number of aryl methyl sites for hydroxylation is 1. The van der Waals surface area contributed by atoms with E-state index in [1.54, 1.807) is 17.9 Å². The fraction of sp³-hybridized carbons (Fsp3) is 0.522. The van der Waals surface area contributed by atoms with Gasteiger partial charge in [0.15, 0.2) is 0 Å². The Morgan fingerprint density at radius 2 is 2.03 bits per heavy atom. The number of halogens is 2. The van der Waals surface area contributed by atoms with Crippen LogP contribution < -0.4 is 5.32 Å². The molecule has 32 heavy (non-hydrogen) atoms. The van der Waals surface area contributed by atoms with Gasteiger partial charge in [-0.25, -0.2) is 9.37 Å². The zero-order valence-corrected chi connectivity index (χ0v) is 18.9. The highest BCUT2D eigenvalue weighted by Crippen LogP contribution is 2.55. The van der Waals surface area contributed by atoms with E-state index in [2.05, 4.69) is 10.3 Å². The Labute approximate surface area is 190 Å². The zero-order valence-electron chi connectivity index (χ0n) is 18.1. The van der Waals surface area contributed by atoms with Gasteiger partial charge < -0.3 is 19.7 Å². The average Bonchev–Trinajstić information content (AvgIpc) is 3.40. The summed E-state index contributed by atoms with van der Waals surface area (Å²) >= 11 is 5.82. The van der Waals surface area contributed by atoms with E-state index in [0.717, 1.165) is 18.5 Å². The summed E-state index contributed by atoms with van der Waals surface area (Å²) in [6.07, 6.45) is 5.22. The predicted molar refractivity (Wildman–Crippen MR) is 117 cm³/mol. The van der Waals surface area contributed by atoms with Crippen molar-refractivity contribution in [2.75, 3.05) is 12.4 Å². The first-order valence-electron chi connectivity index (χ1n) is 10.8. The number of amides is 1. The maximum atomic E-state index is 13.4. The Kier molecular flexibility index (Phi) is 6.27. The summed E-state index contributed by atoms with van der Waals surface area (Å²) in [5.41, 5.74) is 0.787. The van der Waals surface area contributed by atoms with E-state index in [-0.39, 0.29) is 29.2 Å². The van der Waals surface area contributed by atoms with E-state index in [9.17, 15) is 19.1 Å². The fourth-order valence-electron chi connectivity index (χ4n) is 5.42. The quantitative estimate of drug-likeness (QED) is 0.630. The van der Waals surface area contributed by atoms with Crippen LogP contribution in [0.1, 0.15) is 60.6 Å². The number of nitrogens with one attached hydrogen (secondary N) is 1. The number of aliphatic hydroxyl groups is 1. The predicted octanol–water partition coefficient (Wildman–Crippen LogP) is 4.05. The van der Waals surface area contributed by atoms with Crippen LogP contribution in [0.2, 0.25) is 5.02 Å². The molecule has 172 valence electrons. The van der Waals surface area contributed by atoms with E-state index >= 15 is 0 Å². The Hall–Kier alpha value is -2.45. The van der Waals surface area contributed by atoms with Crippen molar-refractivity contribution in [1.29, 1.82) is 0 Å². The van der Waals surface area contributed by atoms with Crippen molar-refractivity contribution in [3.8, 4) is 0 Å². The van der Waals surface area contributed by atoms with Crippen LogP contribution in [0.25, 0.3) is 0 Å². The number of carbonyl (C=O) groups is 2. The number of fused-ring (bicyclic) bond motifs is 1. The van der Waals surface area contributed by atoms with Gasteiger partial charge in [0.2, 0.25) is 0 Å². The van der Waals surface area contributed by atoms with Crippen molar-refractivity contribution in [2.45, 2.75) is 50.0 Å². The lowest BCUT2D eigenvalue weighted by molar-refractivity contribution is -0.142. The molecule has 1 aromatic heterocycles. The molecule has 0 radical (unpaired) electrons. The molecule has 2 saturated carbocycles. The molecular formula is C23H27ClFN3O4. The van der Waals surface area contributed by atoms with Crippen molar-refractivity contribution in [2.24, 2.45) is 18.9 Å². The topological polar surface area (TPSA) is 93.4 Å². The van der Waals surface area contributed by atoms with E-state index in [4.69, 9.17) is 16.3 Å². The molecule has 2 fully saturated rings. The molecule has 4 rings (SSSR count). The number of aromatic nitrogens is 2. The third-order valence-electron chi connectivity index (χ3n) is 6.89. The number of hydrogen-bond donors (Lipinski definition) is 2. The molecule has 0 bridgehead atoms. The van der Waals surface area contributed by atoms with Crippen LogP contribution in [0.15, 0.2) is 24.5 Å². The van der Waals surface area contributed by atoms with E-state index in [1.807, 2.05) is 0 Å². The standard InChI is InChI=1S/C23H27ClFN3O4/c1-28-12-26-20(21(28)22(30)27-16-3-4-18(25)17(24)9-16)13-7-14-10-23(31,11-15(14)8-13)6-5-19(29)32-2/h3-4,9,12-15,31H,5-8,10-11H2,1-2H3,(H,27,30). The van der Waals surface area contributed by atoms with Gasteiger partial charge >= 0.3 is 5.97 Å². The first-order valence-corrected chi connectivity index (χ1v) is 11.1. The highest BCUT2D eigenvalue weighted by Gasteiger charge is 2.49. The van der Waals surface area contributed by atoms with Crippen molar-refractivity contribution in [3.05, 3.63) is 46.8 Å². The smallest absolute Gasteiger partial charge is 0.305 e. The molecule has 0 spiro atoms. The Balaban J connectivity index is 1.44. The number of hydrogen-bond acceptors (Lipinski definition) is 5. The minimum absolute atomic E-state index is 0.0590. The van der Waals surface area contributed by atoms with Gasteiger partial charge in [0.1, 0.15) is 11.5 Å². The molecule has 1 heterocycles. The third kappa shape index (κ3) is 4.52. The van der Waals surface area contributed by atoms with Crippen LogP contribution in [-0.4, -0.2) is 39.2 Å². The van der Waals surface area contributed by atoms with E-state index in [1.165, 1.54) is 25.3 Å². The molecule has 0 saturated heterocycles. The fourth-order valence-corrected chi connectivity index (χ4v) is 5.60. The lowest BCUT2D eigenvalue weighted by Crippen LogP contribution is -2.27. The second kappa shape index (κ2) is 8.83. The van der Waals surface area contributed by atoms with Crippen molar-refractivity contribution >= 4 is 29.2 Å². The number of anilines is 1. The number of ether oxygens (including phenoxy) is 1. The van der Waals surface area contributed by atoms with Gasteiger partial charge in [-0.2, -0.15) is 0 Å². The second-order valence-corrected chi connectivity index (χ2v) is 9.48. The van der Waals surface area contributed by atoms with Crippen molar-refractivity contribution < 1.29 is 23.8 Å². The lowest BCUT2D eigenvalue weighted by atomic mass is 9.89. The molecule has 1 amide bonds. The lowest BCUT2D eigenvalue weighted by Gasteiger charge is -2.24. The second-order valence-electron chi connectivity index (χ2n) is 9.07. The minimum Gasteiger partial charge on any atom is -0.469 e. The van der Waals surface area contributed by atoms with Crippen LogP contribution in [0.3, 0.4) is 0 Å². The Bertz CT molecular complexity index is 1030. The number of nitrogens with zero attached hydrogens (tertiary/aromatic N) is 2. The molecule has 2 aliphatic rings. The molecule has 2 aliphatic carbocycles. The van der Waals surface area contributed by atoms with Crippen molar-refractivity contribution in [3.63, 3.8) is 0 Å². The SMILES string of the molecule is COC(=O)CCC1(O)CC2CC(c3ncn(C)c3C(=O)Nc3ccc(F)c(Cl)c3)CC2C1. The summed E-state index contributed by atoms with van der Waals surface area (Å²) in [7, 11) is 3.12. The van der Waals surface area contributed by atoms with Gasteiger partial charge in [0, 0.05) is 25.1 Å². The molecule has 2 N–H and O–H groups in total. The highest BCUT2D eigenvalue weighted by atomic mass is 35.5.